The lowest BCUT2D eigenvalue weighted by atomic mass is 9.98. The van der Waals surface area contributed by atoms with E-state index in [0.29, 0.717) is 18.3 Å². The molecule has 2 aliphatic rings. The Labute approximate surface area is 151 Å². The highest BCUT2D eigenvalue weighted by molar-refractivity contribution is 6.09. The predicted molar refractivity (Wildman–Crippen MR) is 98.2 cm³/mol. The Morgan fingerprint density at radius 3 is 2.92 bits per heavy atom. The molecule has 1 aromatic heterocycles. The molecule has 0 radical (unpaired) electrons. The molecule has 8 nitrogen and oxygen atoms in total. The largest absolute Gasteiger partial charge is 0.396 e. The van der Waals surface area contributed by atoms with Crippen LogP contribution in [0.3, 0.4) is 0 Å². The fourth-order valence-electron chi connectivity index (χ4n) is 3.84. The number of aliphatic hydroxyl groups is 1. The Morgan fingerprint density at radius 2 is 2.15 bits per heavy atom. The van der Waals surface area contributed by atoms with E-state index in [1.807, 2.05) is 19.2 Å². The van der Waals surface area contributed by atoms with Gasteiger partial charge < -0.3 is 10.0 Å². The van der Waals surface area contributed by atoms with E-state index in [9.17, 15) is 14.7 Å². The molecule has 1 atom stereocenters. The van der Waals surface area contributed by atoms with Crippen LogP contribution in [0, 0.1) is 5.92 Å². The van der Waals surface area contributed by atoms with Gasteiger partial charge in [0.25, 0.3) is 0 Å². The third-order valence-electron chi connectivity index (χ3n) is 5.27. The number of carbonyl (C=O) groups excluding carboxylic acids is 2. The van der Waals surface area contributed by atoms with Gasteiger partial charge in [0.15, 0.2) is 5.82 Å². The number of aromatic nitrogens is 2. The Kier molecular flexibility index (Phi) is 4.28. The lowest BCUT2D eigenvalue weighted by Gasteiger charge is -2.33. The van der Waals surface area contributed by atoms with E-state index in [-0.39, 0.29) is 18.9 Å². The second-order valence-corrected chi connectivity index (χ2v) is 7.04. The van der Waals surface area contributed by atoms with Crippen LogP contribution in [-0.2, 0) is 11.8 Å². The molecule has 0 spiro atoms. The van der Waals surface area contributed by atoms with Crippen molar-refractivity contribution >= 4 is 34.3 Å². The van der Waals surface area contributed by atoms with Crippen LogP contribution in [0.4, 0.5) is 16.3 Å². The minimum Gasteiger partial charge on any atom is -0.396 e. The summed E-state index contributed by atoms with van der Waals surface area (Å²) in [6.45, 7) is 2.38. The van der Waals surface area contributed by atoms with Gasteiger partial charge in [-0.25, -0.2) is 4.79 Å². The van der Waals surface area contributed by atoms with Crippen molar-refractivity contribution in [3.05, 3.63) is 18.2 Å². The minimum absolute atomic E-state index is 0.220. The number of urea groups is 1. The zero-order valence-corrected chi connectivity index (χ0v) is 14.8. The number of nitrogens with zero attached hydrogens (tertiary/aromatic N) is 4. The Hall–Kier alpha value is -2.61. The Morgan fingerprint density at radius 1 is 1.31 bits per heavy atom. The van der Waals surface area contributed by atoms with Crippen LogP contribution in [-0.4, -0.2) is 53.1 Å². The van der Waals surface area contributed by atoms with Gasteiger partial charge in [-0.2, -0.15) is 5.10 Å². The molecule has 138 valence electrons. The summed E-state index contributed by atoms with van der Waals surface area (Å²) in [5.41, 5.74) is 2.04. The smallest absolute Gasteiger partial charge is 0.329 e. The van der Waals surface area contributed by atoms with Crippen molar-refractivity contribution in [1.29, 1.82) is 0 Å². The first kappa shape index (κ1) is 16.8. The van der Waals surface area contributed by atoms with Gasteiger partial charge >= 0.3 is 6.03 Å². The summed E-state index contributed by atoms with van der Waals surface area (Å²) >= 11 is 0. The molecule has 26 heavy (non-hydrogen) atoms. The number of benzene rings is 1. The molecule has 3 amide bonds. The summed E-state index contributed by atoms with van der Waals surface area (Å²) in [4.78, 5) is 27.4. The molecule has 1 unspecified atom stereocenters. The minimum atomic E-state index is -0.424. The number of imide groups is 1. The highest BCUT2D eigenvalue weighted by Crippen LogP contribution is 2.31. The lowest BCUT2D eigenvalue weighted by molar-refractivity contribution is -0.120. The normalized spacial score (nSPS) is 21.4. The molecular weight excluding hydrogens is 334 g/mol. The number of aliphatic hydroxyl groups excluding tert-OH is 1. The van der Waals surface area contributed by atoms with Gasteiger partial charge in [-0.3, -0.25) is 19.7 Å². The third kappa shape index (κ3) is 2.90. The number of hydrogen-bond donors (Lipinski definition) is 2. The van der Waals surface area contributed by atoms with Crippen molar-refractivity contribution in [2.75, 3.05) is 36.0 Å². The number of nitrogens with one attached hydrogen (secondary N) is 1. The van der Waals surface area contributed by atoms with Gasteiger partial charge in [0.2, 0.25) is 5.91 Å². The first-order valence-corrected chi connectivity index (χ1v) is 9.00. The maximum Gasteiger partial charge on any atom is 0.329 e. The Balaban J connectivity index is 1.66. The summed E-state index contributed by atoms with van der Waals surface area (Å²) in [5.74, 6) is 0.638. The molecule has 2 fully saturated rings. The third-order valence-corrected chi connectivity index (χ3v) is 5.27. The molecule has 4 rings (SSSR count). The fraction of sp³-hybridized carbons (Fsp3) is 0.500. The quantitative estimate of drug-likeness (QED) is 0.862. The van der Waals surface area contributed by atoms with Crippen molar-refractivity contribution in [1.82, 2.24) is 15.1 Å². The van der Waals surface area contributed by atoms with Gasteiger partial charge in [0.1, 0.15) is 0 Å². The van der Waals surface area contributed by atoms with E-state index in [2.05, 4.69) is 21.4 Å². The van der Waals surface area contributed by atoms with Gasteiger partial charge in [0, 0.05) is 50.8 Å². The number of rotatable bonds is 3. The molecule has 3 heterocycles. The van der Waals surface area contributed by atoms with Crippen molar-refractivity contribution in [3.8, 4) is 0 Å². The SMILES string of the molecule is Cn1nc(N2CCC(=O)NC2=O)c2ccc(N3CCCC(CO)C3)cc21. The maximum atomic E-state index is 12.2. The highest BCUT2D eigenvalue weighted by atomic mass is 16.3. The topological polar surface area (TPSA) is 90.7 Å². The monoisotopic (exact) mass is 357 g/mol. The van der Waals surface area contributed by atoms with E-state index in [1.165, 1.54) is 4.90 Å². The summed E-state index contributed by atoms with van der Waals surface area (Å²) < 4.78 is 1.77. The van der Waals surface area contributed by atoms with Crippen LogP contribution in [0.1, 0.15) is 19.3 Å². The summed E-state index contributed by atoms with van der Waals surface area (Å²) in [7, 11) is 1.86. The molecule has 2 aliphatic heterocycles. The number of hydrogen-bond acceptors (Lipinski definition) is 5. The van der Waals surface area contributed by atoms with E-state index in [0.717, 1.165) is 42.5 Å². The zero-order chi connectivity index (χ0) is 18.3. The zero-order valence-electron chi connectivity index (χ0n) is 14.8. The van der Waals surface area contributed by atoms with E-state index >= 15 is 0 Å². The molecule has 2 saturated heterocycles. The van der Waals surface area contributed by atoms with Crippen LogP contribution in [0.5, 0.6) is 0 Å². The van der Waals surface area contributed by atoms with Crippen LogP contribution in [0.2, 0.25) is 0 Å². The molecule has 0 saturated carbocycles. The predicted octanol–water partition coefficient (Wildman–Crippen LogP) is 1.23. The second kappa shape index (κ2) is 6.60. The number of fused-ring (bicyclic) bond motifs is 1. The van der Waals surface area contributed by atoms with Crippen LogP contribution >= 0.6 is 0 Å². The number of anilines is 2. The molecule has 2 aromatic rings. The summed E-state index contributed by atoms with van der Waals surface area (Å²) in [5, 5.41) is 17.2. The van der Waals surface area contributed by atoms with E-state index in [4.69, 9.17) is 0 Å². The van der Waals surface area contributed by atoms with Gasteiger partial charge in [-0.05, 0) is 37.0 Å². The average molecular weight is 357 g/mol. The van der Waals surface area contributed by atoms with Crippen molar-refractivity contribution in [2.24, 2.45) is 13.0 Å². The number of amides is 3. The first-order valence-electron chi connectivity index (χ1n) is 9.00. The van der Waals surface area contributed by atoms with Crippen LogP contribution < -0.4 is 15.1 Å². The second-order valence-electron chi connectivity index (χ2n) is 7.04. The number of carbonyl (C=O) groups is 2. The fourth-order valence-corrected chi connectivity index (χ4v) is 3.84. The summed E-state index contributed by atoms with van der Waals surface area (Å²) in [6, 6.07) is 5.69. The molecule has 0 aliphatic carbocycles. The van der Waals surface area contributed by atoms with E-state index in [1.54, 1.807) is 4.68 Å². The Bertz CT molecular complexity index is 862. The van der Waals surface area contributed by atoms with Gasteiger partial charge in [-0.15, -0.1) is 0 Å². The number of aryl methyl sites for hydroxylation is 1. The lowest BCUT2D eigenvalue weighted by Crippen LogP contribution is -2.49. The van der Waals surface area contributed by atoms with Crippen molar-refractivity contribution in [3.63, 3.8) is 0 Å². The molecule has 2 N–H and O–H groups in total. The van der Waals surface area contributed by atoms with Crippen molar-refractivity contribution in [2.45, 2.75) is 19.3 Å². The average Bonchev–Trinajstić information content (AvgIpc) is 2.98. The number of piperidine rings is 1. The highest BCUT2D eigenvalue weighted by Gasteiger charge is 2.28. The van der Waals surface area contributed by atoms with Gasteiger partial charge in [-0.1, -0.05) is 0 Å². The van der Waals surface area contributed by atoms with Crippen LogP contribution in [0.25, 0.3) is 10.9 Å². The first-order chi connectivity index (χ1) is 12.6. The van der Waals surface area contributed by atoms with Crippen molar-refractivity contribution < 1.29 is 14.7 Å². The molecule has 0 bridgehead atoms. The standard InChI is InChI=1S/C18H23N5O3/c1-21-15-9-13(22-7-2-3-12(10-22)11-24)4-5-14(15)17(20-21)23-8-6-16(25)19-18(23)26/h4-5,9,12,24H,2-3,6-8,10-11H2,1H3,(H,19,25,26). The maximum absolute atomic E-state index is 12.2. The molecule has 1 aromatic carbocycles. The molecule has 8 heteroatoms. The molecular formula is C18H23N5O3. The van der Waals surface area contributed by atoms with Gasteiger partial charge in [0.05, 0.1) is 5.52 Å². The van der Waals surface area contributed by atoms with E-state index < -0.39 is 6.03 Å². The van der Waals surface area contributed by atoms with Crippen LogP contribution in [0.15, 0.2) is 18.2 Å². The summed E-state index contributed by atoms with van der Waals surface area (Å²) in [6.07, 6.45) is 2.41.